The Kier molecular flexibility index (Phi) is 5.17. The molecule has 0 aliphatic carbocycles. The first kappa shape index (κ1) is 20.9. The van der Waals surface area contributed by atoms with Crippen molar-refractivity contribution in [1.82, 2.24) is 0 Å². The van der Waals surface area contributed by atoms with Crippen molar-refractivity contribution >= 4 is 29.2 Å². The summed E-state index contributed by atoms with van der Waals surface area (Å²) in [5, 5.41) is 11.2. The number of nitrogens with zero attached hydrogens (tertiary/aromatic N) is 3. The third-order valence-electron chi connectivity index (χ3n) is 6.19. The molecular formula is C26H23N3O4. The van der Waals surface area contributed by atoms with E-state index in [1.165, 1.54) is 6.07 Å². The molecule has 0 N–H and O–H groups in total. The number of amides is 1. The lowest BCUT2D eigenvalue weighted by molar-refractivity contribution is -0.385. The van der Waals surface area contributed by atoms with Crippen LogP contribution in [0, 0.1) is 17.0 Å². The molecule has 0 saturated carbocycles. The number of fused-ring (bicyclic) bond motifs is 4. The van der Waals surface area contributed by atoms with Crippen molar-refractivity contribution < 1.29 is 14.5 Å². The second-order valence-electron chi connectivity index (χ2n) is 8.40. The van der Waals surface area contributed by atoms with Crippen LogP contribution in [-0.4, -0.2) is 23.1 Å². The molecule has 0 spiro atoms. The van der Waals surface area contributed by atoms with E-state index in [1.54, 1.807) is 12.1 Å². The number of non-ortho nitro benzene ring substituents is 1. The molecule has 2 aliphatic heterocycles. The van der Waals surface area contributed by atoms with E-state index >= 15 is 0 Å². The van der Waals surface area contributed by atoms with Crippen LogP contribution in [0.1, 0.15) is 39.5 Å². The Bertz CT molecular complexity index is 1310. The SMILES string of the molecule is CCc1cc(COc2cc3c(cc2C)C(=O)N2c4ccccc4C[C@H]2C=N3)cc([N+](=O)[O-])c1. The molecule has 0 radical (unpaired) electrons. The Morgan fingerprint density at radius 2 is 1.94 bits per heavy atom. The number of hydrogen-bond donors (Lipinski definition) is 0. The van der Waals surface area contributed by atoms with Crippen LogP contribution in [0.3, 0.4) is 0 Å². The lowest BCUT2D eigenvalue weighted by Gasteiger charge is -2.22. The summed E-state index contributed by atoms with van der Waals surface area (Å²) in [6.45, 7) is 4.03. The second-order valence-corrected chi connectivity index (χ2v) is 8.40. The number of benzene rings is 3. The van der Waals surface area contributed by atoms with Crippen molar-refractivity contribution in [2.75, 3.05) is 4.90 Å². The van der Waals surface area contributed by atoms with Gasteiger partial charge in [0.2, 0.25) is 0 Å². The standard InChI is InChI=1S/C26H23N3O4/c1-3-17-9-18(11-20(10-17)29(31)32)15-33-25-13-23-22(8-16(25)2)26(30)28-21(14-27-23)12-19-6-4-5-7-24(19)28/h4-11,13-14,21H,3,12,15H2,1-2H3/t21-/m0/s1. The maximum absolute atomic E-state index is 13.4. The van der Waals surface area contributed by atoms with Crippen LogP contribution in [0.25, 0.3) is 0 Å². The van der Waals surface area contributed by atoms with E-state index in [4.69, 9.17) is 4.74 Å². The second kappa shape index (κ2) is 8.16. The number of rotatable bonds is 5. The van der Waals surface area contributed by atoms with E-state index < -0.39 is 0 Å². The smallest absolute Gasteiger partial charge is 0.270 e. The Labute approximate surface area is 191 Å². The molecule has 0 bridgehead atoms. The minimum atomic E-state index is -0.388. The van der Waals surface area contributed by atoms with Gasteiger partial charge in [0.25, 0.3) is 11.6 Å². The fourth-order valence-electron chi connectivity index (χ4n) is 4.50. The van der Waals surface area contributed by atoms with Gasteiger partial charge >= 0.3 is 0 Å². The Balaban J connectivity index is 1.43. The van der Waals surface area contributed by atoms with E-state index in [0.29, 0.717) is 23.4 Å². The number of carbonyl (C=O) groups excluding carboxylic acids is 1. The maximum atomic E-state index is 13.4. The zero-order valence-corrected chi connectivity index (χ0v) is 18.4. The van der Waals surface area contributed by atoms with Crippen LogP contribution < -0.4 is 9.64 Å². The van der Waals surface area contributed by atoms with Crippen molar-refractivity contribution in [2.45, 2.75) is 39.3 Å². The summed E-state index contributed by atoms with van der Waals surface area (Å²) in [7, 11) is 0. The third-order valence-corrected chi connectivity index (χ3v) is 6.19. The van der Waals surface area contributed by atoms with Gasteiger partial charge in [-0.15, -0.1) is 0 Å². The van der Waals surface area contributed by atoms with E-state index in [1.807, 2.05) is 61.4 Å². The predicted molar refractivity (Wildman–Crippen MR) is 127 cm³/mol. The number of nitro groups is 1. The highest BCUT2D eigenvalue weighted by Crippen LogP contribution is 2.38. The van der Waals surface area contributed by atoms with Crippen molar-refractivity contribution in [2.24, 2.45) is 4.99 Å². The molecule has 166 valence electrons. The molecule has 0 saturated heterocycles. The molecule has 1 amide bonds. The largest absolute Gasteiger partial charge is 0.489 e. The van der Waals surface area contributed by atoms with Crippen molar-refractivity contribution in [3.05, 3.63) is 92.5 Å². The molecule has 0 aromatic heterocycles. The summed E-state index contributed by atoms with van der Waals surface area (Å²) in [5.74, 6) is 0.532. The van der Waals surface area contributed by atoms with Gasteiger partial charge in [-0.05, 0) is 47.7 Å². The number of anilines is 1. The van der Waals surface area contributed by atoms with Crippen LogP contribution in [0.4, 0.5) is 17.1 Å². The quantitative estimate of drug-likeness (QED) is 0.396. The molecule has 33 heavy (non-hydrogen) atoms. The molecule has 7 nitrogen and oxygen atoms in total. The third kappa shape index (κ3) is 3.75. The highest BCUT2D eigenvalue weighted by molar-refractivity contribution is 6.14. The monoisotopic (exact) mass is 441 g/mol. The van der Waals surface area contributed by atoms with Gasteiger partial charge in [-0.1, -0.05) is 31.2 Å². The lowest BCUT2D eigenvalue weighted by Crippen LogP contribution is -2.37. The van der Waals surface area contributed by atoms with Crippen LogP contribution in [-0.2, 0) is 19.4 Å². The molecular weight excluding hydrogens is 418 g/mol. The number of hydrogen-bond acceptors (Lipinski definition) is 5. The predicted octanol–water partition coefficient (Wildman–Crippen LogP) is 5.33. The normalized spacial score (nSPS) is 16.1. The Hall–Kier alpha value is -4.00. The van der Waals surface area contributed by atoms with Gasteiger partial charge in [-0.2, -0.15) is 0 Å². The van der Waals surface area contributed by atoms with Crippen LogP contribution in [0.15, 0.2) is 59.6 Å². The summed E-state index contributed by atoms with van der Waals surface area (Å²) >= 11 is 0. The molecule has 2 aliphatic rings. The van der Waals surface area contributed by atoms with Gasteiger partial charge < -0.3 is 4.74 Å². The number of carbonyl (C=O) groups is 1. The van der Waals surface area contributed by atoms with Gasteiger partial charge in [0.05, 0.1) is 22.2 Å². The molecule has 5 rings (SSSR count). The van der Waals surface area contributed by atoms with Crippen molar-refractivity contribution in [3.63, 3.8) is 0 Å². The number of para-hydroxylation sites is 1. The van der Waals surface area contributed by atoms with Crippen molar-refractivity contribution in [3.8, 4) is 5.75 Å². The highest BCUT2D eigenvalue weighted by atomic mass is 16.6. The Morgan fingerprint density at radius 3 is 2.73 bits per heavy atom. The molecule has 0 fully saturated rings. The first-order chi connectivity index (χ1) is 15.9. The van der Waals surface area contributed by atoms with Crippen LogP contribution >= 0.6 is 0 Å². The minimum Gasteiger partial charge on any atom is -0.489 e. The average molecular weight is 441 g/mol. The number of aliphatic imine (C=N–C) groups is 1. The summed E-state index contributed by atoms with van der Waals surface area (Å²) < 4.78 is 6.03. The molecule has 2 heterocycles. The summed E-state index contributed by atoms with van der Waals surface area (Å²) in [4.78, 5) is 30.7. The fraction of sp³-hybridized carbons (Fsp3) is 0.231. The first-order valence-corrected chi connectivity index (χ1v) is 10.9. The average Bonchev–Trinajstić information content (AvgIpc) is 3.14. The zero-order valence-electron chi connectivity index (χ0n) is 18.4. The summed E-state index contributed by atoms with van der Waals surface area (Å²) in [6.07, 6.45) is 3.27. The van der Waals surface area contributed by atoms with E-state index in [2.05, 4.69) is 4.99 Å². The number of aryl methyl sites for hydroxylation is 2. The molecule has 7 heteroatoms. The first-order valence-electron chi connectivity index (χ1n) is 10.9. The fourth-order valence-corrected chi connectivity index (χ4v) is 4.50. The highest BCUT2D eigenvalue weighted by Gasteiger charge is 2.36. The lowest BCUT2D eigenvalue weighted by atomic mass is 10.1. The number of nitro benzene ring substituents is 1. The Morgan fingerprint density at radius 1 is 1.15 bits per heavy atom. The van der Waals surface area contributed by atoms with E-state index in [0.717, 1.165) is 34.4 Å². The van der Waals surface area contributed by atoms with Crippen LogP contribution in [0.5, 0.6) is 5.75 Å². The van der Waals surface area contributed by atoms with Gasteiger partial charge in [0, 0.05) is 36.5 Å². The van der Waals surface area contributed by atoms with Crippen molar-refractivity contribution in [1.29, 1.82) is 0 Å². The molecule has 0 unspecified atom stereocenters. The van der Waals surface area contributed by atoms with Gasteiger partial charge in [0.15, 0.2) is 0 Å². The maximum Gasteiger partial charge on any atom is 0.270 e. The van der Waals surface area contributed by atoms with Gasteiger partial charge in [-0.3, -0.25) is 24.8 Å². The van der Waals surface area contributed by atoms with E-state index in [9.17, 15) is 14.9 Å². The number of ether oxygens (including phenoxy) is 1. The van der Waals surface area contributed by atoms with Crippen LogP contribution in [0.2, 0.25) is 0 Å². The topological polar surface area (TPSA) is 85.0 Å². The summed E-state index contributed by atoms with van der Waals surface area (Å²) in [5.41, 5.74) is 5.67. The van der Waals surface area contributed by atoms with E-state index in [-0.39, 0.29) is 29.2 Å². The summed E-state index contributed by atoms with van der Waals surface area (Å²) in [6, 6.07) is 16.5. The zero-order chi connectivity index (χ0) is 23.1. The molecule has 3 aromatic rings. The van der Waals surface area contributed by atoms with Gasteiger partial charge in [-0.25, -0.2) is 0 Å². The minimum absolute atomic E-state index is 0.0580. The molecule has 3 aromatic carbocycles. The van der Waals surface area contributed by atoms with Gasteiger partial charge in [0.1, 0.15) is 12.4 Å². The molecule has 1 atom stereocenters.